The molecule has 2 unspecified atom stereocenters. The van der Waals surface area contributed by atoms with Gasteiger partial charge in [0.25, 0.3) is 11.8 Å². The van der Waals surface area contributed by atoms with Gasteiger partial charge in [0.1, 0.15) is 6.04 Å². The molecule has 26 heavy (non-hydrogen) atoms. The molecule has 1 aromatic rings. The molecule has 6 nitrogen and oxygen atoms in total. The first-order valence-electron chi connectivity index (χ1n) is 8.51. The molecular weight excluding hydrogens is 352 g/mol. The molecule has 2 N–H and O–H groups in total. The molecule has 0 heterocycles. The maximum atomic E-state index is 12.5. The minimum absolute atomic E-state index is 0.347. The van der Waals surface area contributed by atoms with Gasteiger partial charge in [-0.2, -0.15) is 11.8 Å². The summed E-state index contributed by atoms with van der Waals surface area (Å²) in [6.45, 7) is 7.06. The van der Waals surface area contributed by atoms with Gasteiger partial charge in [-0.25, -0.2) is 4.79 Å². The molecule has 0 aromatic heterocycles. The van der Waals surface area contributed by atoms with Crippen molar-refractivity contribution in [1.82, 2.24) is 10.6 Å². The number of hydrogen-bond donors (Lipinski definition) is 2. The van der Waals surface area contributed by atoms with Gasteiger partial charge >= 0.3 is 5.97 Å². The first-order valence-corrected chi connectivity index (χ1v) is 9.91. The van der Waals surface area contributed by atoms with Gasteiger partial charge in [0, 0.05) is 11.1 Å². The van der Waals surface area contributed by atoms with E-state index in [0.29, 0.717) is 17.7 Å². The second-order valence-electron chi connectivity index (χ2n) is 6.99. The van der Waals surface area contributed by atoms with Crippen LogP contribution in [0.4, 0.5) is 0 Å². The molecule has 7 heteroatoms. The number of rotatable bonds is 8. The summed E-state index contributed by atoms with van der Waals surface area (Å²) in [6, 6.07) is 7.86. The lowest BCUT2D eigenvalue weighted by molar-refractivity contribution is -0.157. The third-order valence-corrected chi connectivity index (χ3v) is 4.04. The standard InChI is InChI=1S/C19H28N2O4S/c1-13(16(22)21-19(2,3)4)25-18(24)15(11-12-26-5)20-17(23)14-9-7-6-8-10-14/h6-10,13,15H,11-12H2,1-5H3,(H,20,23)(H,21,22). The summed E-state index contributed by atoms with van der Waals surface area (Å²) in [6.07, 6.45) is 1.40. The number of carbonyl (C=O) groups excluding carboxylic acids is 3. The van der Waals surface area contributed by atoms with Crippen molar-refractivity contribution in [1.29, 1.82) is 0 Å². The molecule has 0 saturated heterocycles. The molecular formula is C19H28N2O4S. The van der Waals surface area contributed by atoms with E-state index in [1.165, 1.54) is 6.92 Å². The van der Waals surface area contributed by atoms with Crippen LogP contribution in [0.1, 0.15) is 44.5 Å². The molecule has 1 rings (SSSR count). The Morgan fingerprint density at radius 2 is 1.77 bits per heavy atom. The van der Waals surface area contributed by atoms with Crippen molar-refractivity contribution in [3.8, 4) is 0 Å². The topological polar surface area (TPSA) is 84.5 Å². The molecule has 0 bridgehead atoms. The van der Waals surface area contributed by atoms with E-state index in [2.05, 4.69) is 10.6 Å². The predicted octanol–water partition coefficient (Wildman–Crippen LogP) is 2.38. The van der Waals surface area contributed by atoms with Crippen LogP contribution in [0, 0.1) is 0 Å². The van der Waals surface area contributed by atoms with Gasteiger partial charge < -0.3 is 15.4 Å². The maximum Gasteiger partial charge on any atom is 0.329 e. The zero-order valence-corrected chi connectivity index (χ0v) is 16.8. The fraction of sp³-hybridized carbons (Fsp3) is 0.526. The number of ether oxygens (including phenoxy) is 1. The van der Waals surface area contributed by atoms with Crippen molar-refractivity contribution in [2.24, 2.45) is 0 Å². The number of thioether (sulfide) groups is 1. The lowest BCUT2D eigenvalue weighted by Crippen LogP contribution is -2.48. The van der Waals surface area contributed by atoms with Crippen LogP contribution in [0.3, 0.4) is 0 Å². The fourth-order valence-electron chi connectivity index (χ4n) is 2.10. The monoisotopic (exact) mass is 380 g/mol. The van der Waals surface area contributed by atoms with Gasteiger partial charge in [0.15, 0.2) is 6.10 Å². The average Bonchev–Trinajstić information content (AvgIpc) is 2.57. The van der Waals surface area contributed by atoms with Crippen molar-refractivity contribution in [3.05, 3.63) is 35.9 Å². The summed E-state index contributed by atoms with van der Waals surface area (Å²) in [5, 5.41) is 5.47. The van der Waals surface area contributed by atoms with Crippen LogP contribution in [0.25, 0.3) is 0 Å². The molecule has 144 valence electrons. The zero-order valence-electron chi connectivity index (χ0n) is 16.0. The fourth-order valence-corrected chi connectivity index (χ4v) is 2.57. The third kappa shape index (κ3) is 7.91. The Balaban J connectivity index is 2.73. The highest BCUT2D eigenvalue weighted by Crippen LogP contribution is 2.08. The van der Waals surface area contributed by atoms with Gasteiger partial charge in [-0.1, -0.05) is 18.2 Å². The Bertz CT molecular complexity index is 614. The van der Waals surface area contributed by atoms with Crippen molar-refractivity contribution >= 4 is 29.5 Å². The van der Waals surface area contributed by atoms with E-state index in [-0.39, 0.29) is 11.8 Å². The van der Waals surface area contributed by atoms with Crippen molar-refractivity contribution in [2.75, 3.05) is 12.0 Å². The lowest BCUT2D eigenvalue weighted by atomic mass is 10.1. The second kappa shape index (κ2) is 10.2. The Labute approximate surface area is 159 Å². The molecule has 0 aliphatic carbocycles. The summed E-state index contributed by atoms with van der Waals surface area (Å²) in [7, 11) is 0. The molecule has 0 radical (unpaired) electrons. The molecule has 0 fully saturated rings. The number of nitrogens with one attached hydrogen (secondary N) is 2. The number of benzene rings is 1. The van der Waals surface area contributed by atoms with Crippen molar-refractivity contribution in [3.63, 3.8) is 0 Å². The average molecular weight is 381 g/mol. The van der Waals surface area contributed by atoms with Crippen LogP contribution >= 0.6 is 11.8 Å². The van der Waals surface area contributed by atoms with E-state index >= 15 is 0 Å². The quantitative estimate of drug-likeness (QED) is 0.677. The predicted molar refractivity (Wildman–Crippen MR) is 104 cm³/mol. The Kier molecular flexibility index (Phi) is 8.65. The first kappa shape index (κ1) is 22.0. The van der Waals surface area contributed by atoms with Crippen LogP contribution < -0.4 is 10.6 Å². The second-order valence-corrected chi connectivity index (χ2v) is 7.98. The van der Waals surface area contributed by atoms with Gasteiger partial charge in [-0.05, 0) is 58.3 Å². The van der Waals surface area contributed by atoms with E-state index < -0.39 is 23.7 Å². The highest BCUT2D eigenvalue weighted by Gasteiger charge is 2.27. The smallest absolute Gasteiger partial charge is 0.329 e. The van der Waals surface area contributed by atoms with E-state index in [1.807, 2.05) is 33.1 Å². The number of esters is 1. The number of amides is 2. The first-order chi connectivity index (χ1) is 12.1. The van der Waals surface area contributed by atoms with Gasteiger partial charge in [-0.15, -0.1) is 0 Å². The summed E-state index contributed by atoms with van der Waals surface area (Å²) in [4.78, 5) is 36.9. The highest BCUT2D eigenvalue weighted by atomic mass is 32.2. The Morgan fingerprint density at radius 1 is 1.15 bits per heavy atom. The third-order valence-electron chi connectivity index (χ3n) is 3.40. The van der Waals surface area contributed by atoms with Gasteiger partial charge in [-0.3, -0.25) is 9.59 Å². The minimum Gasteiger partial charge on any atom is -0.451 e. The number of carbonyl (C=O) groups is 3. The minimum atomic E-state index is -0.938. The van der Waals surface area contributed by atoms with Gasteiger partial charge in [0.2, 0.25) is 0 Å². The molecule has 0 aliphatic rings. The van der Waals surface area contributed by atoms with E-state index in [0.717, 1.165) is 0 Å². The van der Waals surface area contributed by atoms with Crippen LogP contribution in [0.5, 0.6) is 0 Å². The largest absolute Gasteiger partial charge is 0.451 e. The van der Waals surface area contributed by atoms with Crippen LogP contribution in [0.15, 0.2) is 30.3 Å². The molecule has 0 saturated carbocycles. The van der Waals surface area contributed by atoms with Gasteiger partial charge in [0.05, 0.1) is 0 Å². The molecule has 0 spiro atoms. The number of hydrogen-bond acceptors (Lipinski definition) is 5. The molecule has 2 atom stereocenters. The van der Waals surface area contributed by atoms with E-state index in [9.17, 15) is 14.4 Å². The molecule has 1 aromatic carbocycles. The molecule has 0 aliphatic heterocycles. The SMILES string of the molecule is CSCCC(NC(=O)c1ccccc1)C(=O)OC(C)C(=O)NC(C)(C)C. The molecule has 2 amide bonds. The van der Waals surface area contributed by atoms with E-state index in [1.54, 1.807) is 36.0 Å². The highest BCUT2D eigenvalue weighted by molar-refractivity contribution is 7.98. The Hall–Kier alpha value is -2.02. The summed E-state index contributed by atoms with van der Waals surface area (Å²) in [5.74, 6) is -0.651. The maximum absolute atomic E-state index is 12.5. The van der Waals surface area contributed by atoms with Crippen LogP contribution in [-0.4, -0.2) is 47.5 Å². The summed E-state index contributed by atoms with van der Waals surface area (Å²) < 4.78 is 5.28. The summed E-state index contributed by atoms with van der Waals surface area (Å²) in [5.41, 5.74) is 0.0466. The zero-order chi connectivity index (χ0) is 19.7. The van der Waals surface area contributed by atoms with Crippen LogP contribution in [0.2, 0.25) is 0 Å². The summed E-state index contributed by atoms with van der Waals surface area (Å²) >= 11 is 1.56. The normalized spacial score (nSPS) is 13.4. The van der Waals surface area contributed by atoms with Crippen molar-refractivity contribution < 1.29 is 19.1 Å². The van der Waals surface area contributed by atoms with E-state index in [4.69, 9.17) is 4.74 Å². The van der Waals surface area contributed by atoms with Crippen LogP contribution in [-0.2, 0) is 14.3 Å². The Morgan fingerprint density at radius 3 is 2.31 bits per heavy atom. The van der Waals surface area contributed by atoms with Crippen molar-refractivity contribution in [2.45, 2.75) is 51.8 Å². The lowest BCUT2D eigenvalue weighted by Gasteiger charge is -2.24.